The van der Waals surface area contributed by atoms with Gasteiger partial charge in [-0.15, -0.1) is 11.3 Å². The summed E-state index contributed by atoms with van der Waals surface area (Å²) in [5.74, 6) is -0.407. The lowest BCUT2D eigenvalue weighted by atomic mass is 10.4. The first kappa shape index (κ1) is 12.5. The first-order chi connectivity index (χ1) is 8.72. The lowest BCUT2D eigenvalue weighted by molar-refractivity contribution is -0.137. The van der Waals surface area contributed by atoms with Crippen molar-refractivity contribution < 1.29 is 9.53 Å². The number of ether oxygens (including phenoxy) is 1. The second-order valence-corrected chi connectivity index (χ2v) is 4.39. The molecule has 0 amide bonds. The molecule has 0 N–H and O–H groups in total. The standard InChI is InChI=1S/C12H12N2O3S/c1-2-17-10(15)4-3-6-14-8-13-11-9(12(14)16)5-7-18-11/h3-5,7-8H,2,6H2,1H3/b4-3+. The van der Waals surface area contributed by atoms with E-state index in [-0.39, 0.29) is 5.56 Å². The van der Waals surface area contributed by atoms with Gasteiger partial charge in [0.15, 0.2) is 0 Å². The van der Waals surface area contributed by atoms with Gasteiger partial charge in [0.1, 0.15) is 4.83 Å². The number of allylic oxidation sites excluding steroid dienone is 1. The van der Waals surface area contributed by atoms with Gasteiger partial charge in [-0.3, -0.25) is 9.36 Å². The van der Waals surface area contributed by atoms with Crippen molar-refractivity contribution in [2.24, 2.45) is 0 Å². The van der Waals surface area contributed by atoms with Crippen molar-refractivity contribution in [1.29, 1.82) is 0 Å². The summed E-state index contributed by atoms with van der Waals surface area (Å²) in [6.07, 6.45) is 4.38. The van der Waals surface area contributed by atoms with Crippen molar-refractivity contribution in [3.8, 4) is 0 Å². The number of hydrogen-bond acceptors (Lipinski definition) is 5. The molecule has 0 spiro atoms. The fourth-order valence-electron chi connectivity index (χ4n) is 1.48. The van der Waals surface area contributed by atoms with Crippen LogP contribution in [0.15, 0.2) is 34.7 Å². The number of esters is 1. The number of carbonyl (C=O) groups excluding carboxylic acids is 1. The molecule has 0 aliphatic heterocycles. The van der Waals surface area contributed by atoms with Gasteiger partial charge in [-0.25, -0.2) is 9.78 Å². The van der Waals surface area contributed by atoms with Crippen LogP contribution in [0.3, 0.4) is 0 Å². The molecule has 2 aromatic rings. The maximum atomic E-state index is 12.0. The summed E-state index contributed by atoms with van der Waals surface area (Å²) in [6.45, 7) is 2.38. The molecule has 0 saturated carbocycles. The minimum atomic E-state index is -0.407. The molecule has 5 nitrogen and oxygen atoms in total. The highest BCUT2D eigenvalue weighted by Gasteiger charge is 2.03. The van der Waals surface area contributed by atoms with E-state index in [9.17, 15) is 9.59 Å². The van der Waals surface area contributed by atoms with E-state index in [0.717, 1.165) is 4.83 Å². The normalized spacial score (nSPS) is 11.2. The Labute approximate surface area is 107 Å². The number of aromatic nitrogens is 2. The van der Waals surface area contributed by atoms with E-state index in [4.69, 9.17) is 4.74 Å². The van der Waals surface area contributed by atoms with Gasteiger partial charge in [0, 0.05) is 12.6 Å². The van der Waals surface area contributed by atoms with Crippen LogP contribution >= 0.6 is 11.3 Å². The SMILES string of the molecule is CCOC(=O)/C=C/Cn1cnc2sccc2c1=O. The minimum absolute atomic E-state index is 0.102. The Hall–Kier alpha value is -1.95. The van der Waals surface area contributed by atoms with Gasteiger partial charge in [0.2, 0.25) is 0 Å². The van der Waals surface area contributed by atoms with Crippen molar-refractivity contribution in [3.63, 3.8) is 0 Å². The number of hydrogen-bond donors (Lipinski definition) is 0. The highest BCUT2D eigenvalue weighted by Crippen LogP contribution is 2.13. The fourth-order valence-corrected chi connectivity index (χ4v) is 2.20. The molecular formula is C12H12N2O3S. The van der Waals surface area contributed by atoms with Crippen LogP contribution < -0.4 is 5.56 Å². The van der Waals surface area contributed by atoms with Crippen LogP contribution in [0, 0.1) is 0 Å². The Morgan fingerprint density at radius 3 is 3.22 bits per heavy atom. The van der Waals surface area contributed by atoms with Crippen molar-refractivity contribution >= 4 is 27.5 Å². The maximum absolute atomic E-state index is 12.0. The molecule has 0 atom stereocenters. The molecule has 2 rings (SSSR count). The van der Waals surface area contributed by atoms with Crippen LogP contribution in [0.2, 0.25) is 0 Å². The molecule has 0 aliphatic carbocycles. The zero-order valence-electron chi connectivity index (χ0n) is 9.83. The molecule has 0 bridgehead atoms. The summed E-state index contributed by atoms with van der Waals surface area (Å²) in [5, 5.41) is 2.43. The van der Waals surface area contributed by atoms with Crippen molar-refractivity contribution in [2.75, 3.05) is 6.61 Å². The molecule has 2 aromatic heterocycles. The minimum Gasteiger partial charge on any atom is -0.463 e. The van der Waals surface area contributed by atoms with Crippen LogP contribution in [0.4, 0.5) is 0 Å². The third-order valence-electron chi connectivity index (χ3n) is 2.29. The largest absolute Gasteiger partial charge is 0.463 e. The number of rotatable bonds is 4. The molecular weight excluding hydrogens is 252 g/mol. The second kappa shape index (κ2) is 5.59. The Bertz CT molecular complexity index is 642. The van der Waals surface area contributed by atoms with Gasteiger partial charge in [-0.2, -0.15) is 0 Å². The van der Waals surface area contributed by atoms with Crippen LogP contribution in [0.1, 0.15) is 6.92 Å². The summed E-state index contributed by atoms with van der Waals surface area (Å²) in [7, 11) is 0. The van der Waals surface area contributed by atoms with E-state index in [1.54, 1.807) is 19.1 Å². The third kappa shape index (κ3) is 2.65. The van der Waals surface area contributed by atoms with Gasteiger partial charge < -0.3 is 4.74 Å². The number of nitrogens with zero attached hydrogens (tertiary/aromatic N) is 2. The Morgan fingerprint density at radius 2 is 2.44 bits per heavy atom. The van der Waals surface area contributed by atoms with Crippen molar-refractivity contribution in [3.05, 3.63) is 40.3 Å². The quantitative estimate of drug-likeness (QED) is 0.621. The van der Waals surface area contributed by atoms with Gasteiger partial charge >= 0.3 is 5.97 Å². The van der Waals surface area contributed by atoms with E-state index in [2.05, 4.69) is 4.98 Å². The molecule has 6 heteroatoms. The first-order valence-electron chi connectivity index (χ1n) is 5.48. The topological polar surface area (TPSA) is 61.2 Å². The molecule has 0 radical (unpaired) electrons. The molecule has 2 heterocycles. The Balaban J connectivity index is 2.15. The van der Waals surface area contributed by atoms with E-state index in [0.29, 0.717) is 18.5 Å². The average Bonchev–Trinajstić information content (AvgIpc) is 2.81. The van der Waals surface area contributed by atoms with Crippen molar-refractivity contribution in [1.82, 2.24) is 9.55 Å². The second-order valence-electron chi connectivity index (χ2n) is 3.50. The highest BCUT2D eigenvalue weighted by atomic mass is 32.1. The van der Waals surface area contributed by atoms with Gasteiger partial charge in [0.25, 0.3) is 5.56 Å². The van der Waals surface area contributed by atoms with Crippen molar-refractivity contribution in [2.45, 2.75) is 13.5 Å². The van der Waals surface area contributed by atoms with Crippen LogP contribution in [0.5, 0.6) is 0 Å². The van der Waals surface area contributed by atoms with E-state index < -0.39 is 5.97 Å². The average molecular weight is 264 g/mol. The molecule has 0 fully saturated rings. The summed E-state index contributed by atoms with van der Waals surface area (Å²) in [5.41, 5.74) is -0.102. The fraction of sp³-hybridized carbons (Fsp3) is 0.250. The zero-order valence-corrected chi connectivity index (χ0v) is 10.6. The molecule has 94 valence electrons. The Morgan fingerprint density at radius 1 is 1.61 bits per heavy atom. The number of thiophene rings is 1. The van der Waals surface area contributed by atoms with E-state index in [1.165, 1.54) is 28.3 Å². The molecule has 0 saturated heterocycles. The molecule has 0 aromatic carbocycles. The highest BCUT2D eigenvalue weighted by molar-refractivity contribution is 7.16. The van der Waals surface area contributed by atoms with Gasteiger partial charge in [0.05, 0.1) is 18.3 Å². The molecule has 18 heavy (non-hydrogen) atoms. The van der Waals surface area contributed by atoms with Crippen LogP contribution in [-0.2, 0) is 16.1 Å². The number of fused-ring (bicyclic) bond motifs is 1. The summed E-state index contributed by atoms with van der Waals surface area (Å²) in [4.78, 5) is 27.9. The third-order valence-corrected chi connectivity index (χ3v) is 3.11. The van der Waals surface area contributed by atoms with Gasteiger partial charge in [-0.1, -0.05) is 6.08 Å². The van der Waals surface area contributed by atoms with Gasteiger partial charge in [-0.05, 0) is 18.4 Å². The van der Waals surface area contributed by atoms with Crippen LogP contribution in [-0.4, -0.2) is 22.1 Å². The molecule has 0 aliphatic rings. The summed E-state index contributed by atoms with van der Waals surface area (Å²) < 4.78 is 6.19. The summed E-state index contributed by atoms with van der Waals surface area (Å²) in [6, 6.07) is 1.75. The predicted octanol–water partition coefficient (Wildman–Crippen LogP) is 1.58. The summed E-state index contributed by atoms with van der Waals surface area (Å²) >= 11 is 1.43. The van der Waals surface area contributed by atoms with Crippen LogP contribution in [0.25, 0.3) is 10.2 Å². The number of carbonyl (C=O) groups is 1. The lowest BCUT2D eigenvalue weighted by Gasteiger charge is -2.00. The first-order valence-corrected chi connectivity index (χ1v) is 6.36. The van der Waals surface area contributed by atoms with E-state index in [1.807, 2.05) is 5.38 Å². The smallest absolute Gasteiger partial charge is 0.330 e. The Kier molecular flexibility index (Phi) is 3.88. The lowest BCUT2D eigenvalue weighted by Crippen LogP contribution is -2.19. The van der Waals surface area contributed by atoms with E-state index >= 15 is 0 Å². The monoisotopic (exact) mass is 264 g/mol. The zero-order chi connectivity index (χ0) is 13.0. The molecule has 0 unspecified atom stereocenters. The predicted molar refractivity (Wildman–Crippen MR) is 69.7 cm³/mol. The maximum Gasteiger partial charge on any atom is 0.330 e.